The Bertz CT molecular complexity index is 1820. The zero-order chi connectivity index (χ0) is 47.6. The molecular formula is C47H76O19. The fraction of sp³-hybridized carbons (Fsp3) is 1.00. The number of fused-ring (bicyclic) bond motifs is 5. The third kappa shape index (κ3) is 6.56. The molecule has 5 aliphatic carbocycles. The smallest absolute Gasteiger partial charge is 0.222 e. The first kappa shape index (κ1) is 48.8. The van der Waals surface area contributed by atoms with Gasteiger partial charge in [-0.15, -0.1) is 0 Å². The van der Waals surface area contributed by atoms with Crippen LogP contribution in [0.15, 0.2) is 0 Å². The van der Waals surface area contributed by atoms with Crippen LogP contribution in [0.3, 0.4) is 0 Å². The molecule has 0 radical (unpaired) electrons. The molecule has 0 aromatic heterocycles. The van der Waals surface area contributed by atoms with Crippen molar-refractivity contribution < 1.29 is 94.1 Å². The summed E-state index contributed by atoms with van der Waals surface area (Å²) in [5.74, 6) is -0.893. The topological polar surface area (TPSA) is 296 Å². The molecule has 10 aliphatic rings. The van der Waals surface area contributed by atoms with Gasteiger partial charge < -0.3 is 94.1 Å². The normalized spacial score (nSPS) is 60.3. The van der Waals surface area contributed by atoms with Crippen molar-refractivity contribution in [2.75, 3.05) is 19.8 Å². The molecule has 0 unspecified atom stereocenters. The van der Waals surface area contributed by atoms with Crippen LogP contribution < -0.4 is 0 Å². The summed E-state index contributed by atoms with van der Waals surface area (Å²) in [5, 5.41) is 119. The standard InChI is InChI=1S/C47H76O19/c1-19-27-21(65-47(58)36(19)66-42(4,5)40(47)57)14-44(7)25-9-8-24-41(2,3)26(10-11-45(24)18-46(25,45)13-12-43(27,44)6)62-38-34(28(51)20(50)17-59-38)64-39-35(32(55)30(53)23(16-49)61-39)63-37-33(56)31(54)29(52)22(15-48)60-37/h19-40,48-58H,8-18H2,1-7H3/t19-,20+,21-,22+,23+,24+,25-,26-,27-,28-,29+,30+,31-,32-,33+,34+,35+,36+,37-,38-,39-,40+,43+,44-,45+,46-,47-/m0/s1. The van der Waals surface area contributed by atoms with Gasteiger partial charge >= 0.3 is 0 Å². The van der Waals surface area contributed by atoms with E-state index >= 15 is 0 Å². The second kappa shape index (κ2) is 16.1. The van der Waals surface area contributed by atoms with Gasteiger partial charge in [-0.05, 0) is 116 Å². The lowest BCUT2D eigenvalue weighted by Gasteiger charge is -2.63. The molecule has 0 bridgehead atoms. The van der Waals surface area contributed by atoms with Gasteiger partial charge in [0, 0.05) is 0 Å². The monoisotopic (exact) mass is 944 g/mol. The molecule has 19 nitrogen and oxygen atoms in total. The number of ether oxygens (including phenoxy) is 8. The van der Waals surface area contributed by atoms with Gasteiger partial charge in [0.1, 0.15) is 79.4 Å². The highest BCUT2D eigenvalue weighted by atomic mass is 16.8. The number of hydrogen-bond acceptors (Lipinski definition) is 19. The van der Waals surface area contributed by atoms with Crippen LogP contribution in [0.25, 0.3) is 0 Å². The van der Waals surface area contributed by atoms with E-state index in [-0.39, 0.29) is 63.6 Å². The fourth-order valence-electron chi connectivity index (χ4n) is 16.9. The van der Waals surface area contributed by atoms with E-state index in [1.54, 1.807) is 0 Å². The van der Waals surface area contributed by atoms with E-state index in [0.717, 1.165) is 44.9 Å². The molecule has 2 spiro atoms. The predicted octanol–water partition coefficient (Wildman–Crippen LogP) is -1.23. The molecule has 0 amide bonds. The van der Waals surface area contributed by atoms with Gasteiger partial charge in [-0.2, -0.15) is 0 Å². The van der Waals surface area contributed by atoms with Crippen LogP contribution in [0.5, 0.6) is 0 Å². The lowest BCUT2D eigenvalue weighted by Crippen LogP contribution is -2.66. The molecule has 5 saturated carbocycles. The highest BCUT2D eigenvalue weighted by Crippen LogP contribution is 2.89. The molecule has 378 valence electrons. The Hall–Kier alpha value is -0.760. The van der Waals surface area contributed by atoms with E-state index < -0.39 is 123 Å². The molecule has 0 aromatic rings. The van der Waals surface area contributed by atoms with Crippen LogP contribution in [0.2, 0.25) is 0 Å². The summed E-state index contributed by atoms with van der Waals surface area (Å²) in [4.78, 5) is 0. The minimum absolute atomic E-state index is 0.0187. The van der Waals surface area contributed by atoms with Crippen molar-refractivity contribution in [1.29, 1.82) is 0 Å². The number of rotatable bonds is 8. The van der Waals surface area contributed by atoms with Crippen molar-refractivity contribution in [3.05, 3.63) is 0 Å². The van der Waals surface area contributed by atoms with E-state index in [1.165, 1.54) is 0 Å². The summed E-state index contributed by atoms with van der Waals surface area (Å²) < 4.78 is 49.6. The van der Waals surface area contributed by atoms with Crippen LogP contribution in [0.1, 0.15) is 99.8 Å². The van der Waals surface area contributed by atoms with Crippen molar-refractivity contribution in [2.45, 2.75) is 222 Å². The summed E-state index contributed by atoms with van der Waals surface area (Å²) in [7, 11) is 0. The first-order valence-corrected chi connectivity index (χ1v) is 24.5. The third-order valence-corrected chi connectivity index (χ3v) is 20.3. The lowest BCUT2D eigenvalue weighted by molar-refractivity contribution is -0.392. The number of hydrogen-bond donors (Lipinski definition) is 11. The Morgan fingerprint density at radius 3 is 1.89 bits per heavy atom. The summed E-state index contributed by atoms with van der Waals surface area (Å²) in [6.45, 7) is 13.4. The molecule has 5 heterocycles. The molecule has 10 rings (SSSR count). The average molecular weight is 945 g/mol. The molecule has 11 N–H and O–H groups in total. The van der Waals surface area contributed by atoms with Crippen molar-refractivity contribution in [1.82, 2.24) is 0 Å². The zero-order valence-electron chi connectivity index (χ0n) is 39.2. The largest absolute Gasteiger partial charge is 0.394 e. The summed E-state index contributed by atoms with van der Waals surface area (Å²) >= 11 is 0. The molecule has 0 aromatic carbocycles. The van der Waals surface area contributed by atoms with Gasteiger partial charge in [0.15, 0.2) is 18.9 Å². The average Bonchev–Trinajstić information content (AvgIpc) is 3.81. The highest BCUT2D eigenvalue weighted by molar-refractivity contribution is 5.32. The van der Waals surface area contributed by atoms with Gasteiger partial charge in [-0.25, -0.2) is 0 Å². The first-order chi connectivity index (χ1) is 30.9. The Kier molecular flexibility index (Phi) is 11.9. The Labute approximate surface area is 385 Å². The maximum Gasteiger partial charge on any atom is 0.222 e. The third-order valence-electron chi connectivity index (χ3n) is 20.3. The van der Waals surface area contributed by atoms with Crippen molar-refractivity contribution in [2.24, 2.45) is 50.7 Å². The minimum atomic E-state index is -1.88. The van der Waals surface area contributed by atoms with E-state index in [4.69, 9.17) is 37.9 Å². The molecule has 5 saturated heterocycles. The van der Waals surface area contributed by atoms with E-state index in [2.05, 4.69) is 34.6 Å². The lowest BCUT2D eigenvalue weighted by atomic mass is 9.41. The summed E-state index contributed by atoms with van der Waals surface area (Å²) in [5.41, 5.74) is -1.24. The number of aliphatic hydroxyl groups excluding tert-OH is 10. The van der Waals surface area contributed by atoms with Gasteiger partial charge in [0.2, 0.25) is 5.79 Å². The van der Waals surface area contributed by atoms with Crippen molar-refractivity contribution in [3.8, 4) is 0 Å². The first-order valence-electron chi connectivity index (χ1n) is 24.5. The fourth-order valence-corrected chi connectivity index (χ4v) is 16.9. The second-order valence-electron chi connectivity index (χ2n) is 23.9. The van der Waals surface area contributed by atoms with Crippen LogP contribution in [-0.2, 0) is 37.9 Å². The Balaban J connectivity index is 0.868. The Morgan fingerprint density at radius 2 is 1.21 bits per heavy atom. The van der Waals surface area contributed by atoms with Crippen LogP contribution in [0.4, 0.5) is 0 Å². The van der Waals surface area contributed by atoms with Gasteiger partial charge in [-0.3, -0.25) is 0 Å². The van der Waals surface area contributed by atoms with E-state index in [1.807, 2.05) is 13.8 Å². The molecule has 10 fully saturated rings. The maximum absolute atomic E-state index is 11.9. The van der Waals surface area contributed by atoms with Crippen molar-refractivity contribution >= 4 is 0 Å². The SMILES string of the molecule is C[C@H]1[C@H]2[C@H](C[C@@]3(C)[C@@H]4CC[C@@H]5C(C)(C)[C@@H](O[C@@H]6OC[C@@H](O)[C@H](O)[C@H]6O[C@@H]6O[C@H](CO)[C@@H](O)[C@H](O)[C@H]6O[C@@H]6O[C@H](CO)[C@@H](O)[C@H](O)[C@H]6O)CC[C@@]56C[C@@]46CC[C@]23C)O[C@@]2(O)[C@@H]1OC(C)(C)[C@H]2O. The highest BCUT2D eigenvalue weighted by Gasteiger charge is 2.84. The van der Waals surface area contributed by atoms with E-state index in [9.17, 15) is 56.2 Å². The maximum atomic E-state index is 11.9. The summed E-state index contributed by atoms with van der Waals surface area (Å²) in [6, 6.07) is 0. The Morgan fingerprint density at radius 1 is 0.606 bits per heavy atom. The second-order valence-corrected chi connectivity index (χ2v) is 23.9. The molecule has 19 heteroatoms. The van der Waals surface area contributed by atoms with Crippen molar-refractivity contribution in [3.63, 3.8) is 0 Å². The molecular weight excluding hydrogens is 868 g/mol. The molecule has 5 aliphatic heterocycles. The zero-order valence-corrected chi connectivity index (χ0v) is 39.2. The summed E-state index contributed by atoms with van der Waals surface area (Å²) in [6.07, 6.45) is -17.4. The van der Waals surface area contributed by atoms with Crippen LogP contribution in [0, 0.1) is 50.7 Å². The number of aliphatic hydroxyl groups is 11. The molecule has 66 heavy (non-hydrogen) atoms. The van der Waals surface area contributed by atoms with Crippen LogP contribution >= 0.6 is 0 Å². The minimum Gasteiger partial charge on any atom is -0.394 e. The van der Waals surface area contributed by atoms with Gasteiger partial charge in [-0.1, -0.05) is 34.6 Å². The van der Waals surface area contributed by atoms with Gasteiger partial charge in [0.05, 0.1) is 37.6 Å². The van der Waals surface area contributed by atoms with E-state index in [0.29, 0.717) is 12.3 Å². The quantitative estimate of drug-likeness (QED) is 0.127. The van der Waals surface area contributed by atoms with Crippen LogP contribution in [-0.4, -0.2) is 198 Å². The predicted molar refractivity (Wildman–Crippen MR) is 224 cm³/mol. The van der Waals surface area contributed by atoms with Gasteiger partial charge in [0.25, 0.3) is 0 Å². The molecule has 27 atom stereocenters.